The van der Waals surface area contributed by atoms with Crippen molar-refractivity contribution in [3.8, 4) is 11.3 Å². The van der Waals surface area contributed by atoms with Crippen molar-refractivity contribution < 1.29 is 13.9 Å². The van der Waals surface area contributed by atoms with Gasteiger partial charge in [-0.3, -0.25) is 4.79 Å². The number of fused-ring (bicyclic) bond motifs is 1. The summed E-state index contributed by atoms with van der Waals surface area (Å²) in [5, 5.41) is 0.635. The minimum atomic E-state index is -0.741. The Morgan fingerprint density at radius 2 is 1.86 bits per heavy atom. The van der Waals surface area contributed by atoms with Crippen LogP contribution in [0, 0.1) is 0 Å². The van der Waals surface area contributed by atoms with Gasteiger partial charge in [-0.2, -0.15) is 0 Å². The number of rotatable bonds is 2. The summed E-state index contributed by atoms with van der Waals surface area (Å²) < 4.78 is 10.5. The molecule has 2 aromatic carbocycles. The van der Waals surface area contributed by atoms with Crippen LogP contribution >= 0.6 is 11.6 Å². The summed E-state index contributed by atoms with van der Waals surface area (Å²) in [6.07, 6.45) is 0. The van der Waals surface area contributed by atoms with E-state index >= 15 is 0 Å². The predicted octanol–water partition coefficient (Wildman–Crippen LogP) is 3.90. The van der Waals surface area contributed by atoms with Crippen LogP contribution in [-0.4, -0.2) is 13.1 Å². The molecule has 0 bridgehead atoms. The number of halogens is 1. The van der Waals surface area contributed by atoms with Crippen molar-refractivity contribution in [1.29, 1.82) is 0 Å². The third kappa shape index (κ3) is 2.38. The normalized spacial score (nSPS) is 10.6. The monoisotopic (exact) mass is 314 g/mol. The second-order valence-electron chi connectivity index (χ2n) is 4.63. The third-order valence-corrected chi connectivity index (χ3v) is 3.51. The molecule has 0 fully saturated rings. The van der Waals surface area contributed by atoms with E-state index in [1.165, 1.54) is 13.2 Å². The van der Waals surface area contributed by atoms with Gasteiger partial charge < -0.3 is 9.15 Å². The molecule has 0 atom stereocenters. The molecule has 0 aliphatic heterocycles. The second-order valence-corrected chi connectivity index (χ2v) is 5.07. The highest BCUT2D eigenvalue weighted by Crippen LogP contribution is 2.27. The number of carbonyl (C=O) groups excluding carboxylic acids is 1. The van der Waals surface area contributed by atoms with Crippen molar-refractivity contribution in [3.05, 3.63) is 69.3 Å². The van der Waals surface area contributed by atoms with Crippen LogP contribution in [0.25, 0.3) is 22.3 Å². The molecule has 110 valence electrons. The van der Waals surface area contributed by atoms with Crippen LogP contribution in [0.5, 0.6) is 0 Å². The summed E-state index contributed by atoms with van der Waals surface area (Å²) in [4.78, 5) is 24.7. The molecule has 0 amide bonds. The molecule has 22 heavy (non-hydrogen) atoms. The van der Waals surface area contributed by atoms with Gasteiger partial charge in [-0.15, -0.1) is 0 Å². The van der Waals surface area contributed by atoms with Crippen molar-refractivity contribution in [2.45, 2.75) is 0 Å². The maximum absolute atomic E-state index is 12.7. The first-order valence-corrected chi connectivity index (χ1v) is 6.89. The Bertz CT molecular complexity index is 913. The maximum Gasteiger partial charge on any atom is 0.345 e. The second kappa shape index (κ2) is 5.66. The molecule has 5 heteroatoms. The van der Waals surface area contributed by atoms with Gasteiger partial charge in [0.25, 0.3) is 0 Å². The lowest BCUT2D eigenvalue weighted by atomic mass is 10.0. The van der Waals surface area contributed by atoms with Crippen molar-refractivity contribution in [2.75, 3.05) is 7.11 Å². The standard InChI is InChI=1S/C17H11ClO4/c1-21-17(20)14-15(19)12-9-11(18)7-8-13(12)22-16(14)10-5-3-2-4-6-10/h2-9H,1H3. The molecule has 0 saturated carbocycles. The number of hydrogen-bond acceptors (Lipinski definition) is 4. The van der Waals surface area contributed by atoms with E-state index in [2.05, 4.69) is 0 Å². The highest BCUT2D eigenvalue weighted by atomic mass is 35.5. The van der Waals surface area contributed by atoms with Gasteiger partial charge in [-0.05, 0) is 18.2 Å². The molecule has 0 spiro atoms. The summed E-state index contributed by atoms with van der Waals surface area (Å²) in [7, 11) is 1.22. The van der Waals surface area contributed by atoms with Crippen molar-refractivity contribution in [2.24, 2.45) is 0 Å². The first-order valence-electron chi connectivity index (χ1n) is 6.52. The average Bonchev–Trinajstić information content (AvgIpc) is 2.55. The van der Waals surface area contributed by atoms with E-state index in [9.17, 15) is 9.59 Å². The van der Waals surface area contributed by atoms with Crippen LogP contribution in [-0.2, 0) is 4.74 Å². The Kier molecular flexibility index (Phi) is 3.69. The minimum absolute atomic E-state index is 0.136. The number of hydrogen-bond donors (Lipinski definition) is 0. The fourth-order valence-corrected chi connectivity index (χ4v) is 2.42. The van der Waals surface area contributed by atoms with Crippen molar-refractivity contribution >= 4 is 28.5 Å². The smallest absolute Gasteiger partial charge is 0.345 e. The van der Waals surface area contributed by atoms with Crippen LogP contribution in [0.2, 0.25) is 5.02 Å². The molecule has 3 rings (SSSR count). The number of benzene rings is 2. The minimum Gasteiger partial charge on any atom is -0.465 e. The fraction of sp³-hybridized carbons (Fsp3) is 0.0588. The number of carbonyl (C=O) groups is 1. The largest absolute Gasteiger partial charge is 0.465 e. The maximum atomic E-state index is 12.7. The zero-order chi connectivity index (χ0) is 15.7. The van der Waals surface area contributed by atoms with Gasteiger partial charge in [0.1, 0.15) is 5.58 Å². The summed E-state index contributed by atoms with van der Waals surface area (Å²) in [5.74, 6) is -0.554. The molecule has 1 heterocycles. The van der Waals surface area contributed by atoms with Crippen LogP contribution < -0.4 is 5.43 Å². The Morgan fingerprint density at radius 1 is 1.14 bits per heavy atom. The lowest BCUT2D eigenvalue weighted by Gasteiger charge is -2.08. The molecular formula is C17H11ClO4. The first-order chi connectivity index (χ1) is 10.6. The van der Waals surface area contributed by atoms with Gasteiger partial charge in [0.05, 0.1) is 12.5 Å². The number of methoxy groups -OCH3 is 1. The summed E-state index contributed by atoms with van der Waals surface area (Å²) in [6, 6.07) is 13.6. The molecular weight excluding hydrogens is 304 g/mol. The van der Waals surface area contributed by atoms with E-state index in [4.69, 9.17) is 20.8 Å². The van der Waals surface area contributed by atoms with E-state index in [0.29, 0.717) is 16.2 Å². The quantitative estimate of drug-likeness (QED) is 0.673. The zero-order valence-corrected chi connectivity index (χ0v) is 12.4. The van der Waals surface area contributed by atoms with Crippen LogP contribution in [0.15, 0.2) is 57.7 Å². The molecule has 0 unspecified atom stereocenters. The Balaban J connectivity index is 2.42. The highest BCUT2D eigenvalue weighted by molar-refractivity contribution is 6.31. The van der Waals surface area contributed by atoms with E-state index in [1.54, 1.807) is 36.4 Å². The van der Waals surface area contributed by atoms with Crippen LogP contribution in [0.4, 0.5) is 0 Å². The molecule has 0 aliphatic carbocycles. The first kappa shape index (κ1) is 14.4. The Labute approximate surface area is 130 Å². The molecule has 0 aliphatic rings. The molecule has 3 aromatic rings. The number of ether oxygens (including phenoxy) is 1. The molecule has 0 saturated heterocycles. The van der Waals surface area contributed by atoms with Crippen LogP contribution in [0.1, 0.15) is 10.4 Å². The Hall–Kier alpha value is -2.59. The topological polar surface area (TPSA) is 56.5 Å². The Morgan fingerprint density at radius 3 is 2.55 bits per heavy atom. The predicted molar refractivity (Wildman–Crippen MR) is 84.3 cm³/mol. The molecule has 0 N–H and O–H groups in total. The van der Waals surface area contributed by atoms with Crippen molar-refractivity contribution in [1.82, 2.24) is 0 Å². The molecule has 4 nitrogen and oxygen atoms in total. The SMILES string of the molecule is COC(=O)c1c(-c2ccccc2)oc2ccc(Cl)cc2c1=O. The van der Waals surface area contributed by atoms with E-state index in [1.807, 2.05) is 6.07 Å². The highest BCUT2D eigenvalue weighted by Gasteiger charge is 2.22. The van der Waals surface area contributed by atoms with Gasteiger partial charge in [0.2, 0.25) is 5.43 Å². The van der Waals surface area contributed by atoms with E-state index < -0.39 is 11.4 Å². The molecule has 1 aromatic heterocycles. The summed E-state index contributed by atoms with van der Waals surface area (Å²) >= 11 is 5.92. The summed E-state index contributed by atoms with van der Waals surface area (Å²) in [6.45, 7) is 0. The summed E-state index contributed by atoms with van der Waals surface area (Å²) in [5.41, 5.74) is 0.385. The average molecular weight is 315 g/mol. The third-order valence-electron chi connectivity index (χ3n) is 3.28. The van der Waals surface area contributed by atoms with Crippen molar-refractivity contribution in [3.63, 3.8) is 0 Å². The van der Waals surface area contributed by atoms with E-state index in [0.717, 1.165) is 0 Å². The lowest BCUT2D eigenvalue weighted by molar-refractivity contribution is 0.0598. The van der Waals surface area contributed by atoms with Crippen LogP contribution in [0.3, 0.4) is 0 Å². The van der Waals surface area contributed by atoms with Gasteiger partial charge in [0.15, 0.2) is 11.3 Å². The van der Waals surface area contributed by atoms with Gasteiger partial charge in [0, 0.05) is 10.6 Å². The van der Waals surface area contributed by atoms with Gasteiger partial charge >= 0.3 is 5.97 Å². The zero-order valence-electron chi connectivity index (χ0n) is 11.6. The fourth-order valence-electron chi connectivity index (χ4n) is 2.25. The van der Waals surface area contributed by atoms with Gasteiger partial charge in [-0.25, -0.2) is 4.79 Å². The van der Waals surface area contributed by atoms with Gasteiger partial charge in [-0.1, -0.05) is 41.9 Å². The van der Waals surface area contributed by atoms with E-state index in [-0.39, 0.29) is 16.7 Å². The number of esters is 1. The molecule has 0 radical (unpaired) electrons. The lowest BCUT2D eigenvalue weighted by Crippen LogP contribution is -2.18.